The number of hydrogen-bond donors (Lipinski definition) is 2. The molecule has 2 aromatic carbocycles. The van der Waals surface area contributed by atoms with Gasteiger partial charge in [-0.05, 0) is 49.6 Å². The second-order valence-corrected chi connectivity index (χ2v) is 8.48. The molecular formula is C20H26N2O4S. The lowest BCUT2D eigenvalue weighted by molar-refractivity contribution is -0.123. The summed E-state index contributed by atoms with van der Waals surface area (Å²) in [7, 11) is -3.35. The smallest absolute Gasteiger partial charge is 0.258 e. The van der Waals surface area contributed by atoms with Crippen molar-refractivity contribution >= 4 is 15.9 Å². The minimum absolute atomic E-state index is 0.0549. The monoisotopic (exact) mass is 390 g/mol. The predicted octanol–water partition coefficient (Wildman–Crippen LogP) is 2.52. The molecule has 27 heavy (non-hydrogen) atoms. The molecule has 2 N–H and O–H groups in total. The van der Waals surface area contributed by atoms with Crippen LogP contribution in [0.4, 0.5) is 0 Å². The highest BCUT2D eigenvalue weighted by Crippen LogP contribution is 2.12. The summed E-state index contributed by atoms with van der Waals surface area (Å²) in [5, 5.41) is 2.78. The number of nitrogens with one attached hydrogen (secondary N) is 2. The van der Waals surface area contributed by atoms with E-state index in [1.807, 2.05) is 37.3 Å². The Balaban J connectivity index is 1.80. The third-order valence-corrected chi connectivity index (χ3v) is 5.19. The lowest BCUT2D eigenvalue weighted by Gasteiger charge is -2.10. The molecule has 0 aromatic heterocycles. The number of benzene rings is 2. The Kier molecular flexibility index (Phi) is 7.38. The Labute approximate surface area is 161 Å². The maximum atomic E-state index is 11.9. The van der Waals surface area contributed by atoms with Gasteiger partial charge in [0.15, 0.2) is 6.61 Å². The van der Waals surface area contributed by atoms with Crippen LogP contribution in [0, 0.1) is 6.92 Å². The fraction of sp³-hybridized carbons (Fsp3) is 0.350. The van der Waals surface area contributed by atoms with Crippen LogP contribution in [0.25, 0.3) is 0 Å². The van der Waals surface area contributed by atoms with Crippen LogP contribution in [-0.2, 0) is 27.1 Å². The lowest BCUT2D eigenvalue weighted by Crippen LogP contribution is -2.31. The van der Waals surface area contributed by atoms with E-state index in [1.165, 1.54) is 0 Å². The van der Waals surface area contributed by atoms with E-state index in [9.17, 15) is 13.2 Å². The largest absolute Gasteiger partial charge is 0.484 e. The molecule has 2 aromatic rings. The molecule has 146 valence electrons. The molecule has 0 fully saturated rings. The first-order chi connectivity index (χ1) is 12.7. The van der Waals surface area contributed by atoms with Crippen molar-refractivity contribution in [3.8, 4) is 5.75 Å². The van der Waals surface area contributed by atoms with Crippen molar-refractivity contribution in [1.29, 1.82) is 0 Å². The van der Waals surface area contributed by atoms with Gasteiger partial charge in [0.2, 0.25) is 10.0 Å². The van der Waals surface area contributed by atoms with Gasteiger partial charge >= 0.3 is 0 Å². The van der Waals surface area contributed by atoms with Crippen LogP contribution in [0.3, 0.4) is 0 Å². The second-order valence-electron chi connectivity index (χ2n) is 6.73. The first-order valence-corrected chi connectivity index (χ1v) is 10.4. The van der Waals surface area contributed by atoms with Crippen molar-refractivity contribution < 1.29 is 17.9 Å². The summed E-state index contributed by atoms with van der Waals surface area (Å²) in [6.07, 6.45) is 0. The molecule has 0 aliphatic heterocycles. The number of sulfonamides is 1. The molecule has 1 amide bonds. The number of aryl methyl sites for hydroxylation is 1. The van der Waals surface area contributed by atoms with Crippen LogP contribution in [0.5, 0.6) is 5.75 Å². The summed E-state index contributed by atoms with van der Waals surface area (Å²) in [6, 6.07) is 14.5. The normalized spacial score (nSPS) is 11.4. The van der Waals surface area contributed by atoms with Gasteiger partial charge in [0.05, 0.1) is 5.75 Å². The van der Waals surface area contributed by atoms with E-state index in [-0.39, 0.29) is 24.3 Å². The summed E-state index contributed by atoms with van der Waals surface area (Å²) in [5.41, 5.74) is 2.65. The minimum Gasteiger partial charge on any atom is -0.484 e. The zero-order chi connectivity index (χ0) is 19.9. The van der Waals surface area contributed by atoms with Gasteiger partial charge in [-0.3, -0.25) is 4.79 Å². The Morgan fingerprint density at radius 2 is 1.74 bits per heavy atom. The number of ether oxygens (including phenoxy) is 1. The number of carbonyl (C=O) groups is 1. The molecule has 0 saturated heterocycles. The number of carbonyl (C=O) groups excluding carboxylic acids is 1. The fourth-order valence-electron chi connectivity index (χ4n) is 2.48. The third-order valence-electron chi connectivity index (χ3n) is 3.64. The summed E-state index contributed by atoms with van der Waals surface area (Å²) < 4.78 is 31.9. The van der Waals surface area contributed by atoms with Gasteiger partial charge in [-0.25, -0.2) is 13.1 Å². The topological polar surface area (TPSA) is 84.5 Å². The van der Waals surface area contributed by atoms with Gasteiger partial charge < -0.3 is 10.1 Å². The van der Waals surface area contributed by atoms with Gasteiger partial charge in [0, 0.05) is 12.6 Å². The van der Waals surface area contributed by atoms with Crippen molar-refractivity contribution in [1.82, 2.24) is 10.0 Å². The van der Waals surface area contributed by atoms with Gasteiger partial charge in [-0.1, -0.05) is 36.4 Å². The first kappa shape index (κ1) is 20.9. The van der Waals surface area contributed by atoms with Crippen LogP contribution < -0.4 is 14.8 Å². The average Bonchev–Trinajstić information content (AvgIpc) is 2.58. The predicted molar refractivity (Wildman–Crippen MR) is 106 cm³/mol. The van der Waals surface area contributed by atoms with Crippen molar-refractivity contribution in [3.63, 3.8) is 0 Å². The second kappa shape index (κ2) is 9.53. The SMILES string of the molecule is Cc1cccc(OCC(=O)NCc2ccc(CS(=O)(=O)NC(C)C)cc2)c1. The van der Waals surface area contributed by atoms with E-state index in [0.29, 0.717) is 17.9 Å². The molecule has 0 unspecified atom stereocenters. The number of hydrogen-bond acceptors (Lipinski definition) is 4. The molecule has 0 bridgehead atoms. The van der Waals surface area contributed by atoms with E-state index >= 15 is 0 Å². The zero-order valence-electron chi connectivity index (χ0n) is 15.9. The highest BCUT2D eigenvalue weighted by atomic mass is 32.2. The number of amides is 1. The van der Waals surface area contributed by atoms with E-state index in [1.54, 1.807) is 32.0 Å². The first-order valence-electron chi connectivity index (χ1n) is 8.77. The molecule has 0 aliphatic rings. The molecule has 0 atom stereocenters. The highest BCUT2D eigenvalue weighted by Gasteiger charge is 2.12. The van der Waals surface area contributed by atoms with Crippen LogP contribution in [0.15, 0.2) is 48.5 Å². The molecular weight excluding hydrogens is 364 g/mol. The zero-order valence-corrected chi connectivity index (χ0v) is 16.7. The molecule has 0 aliphatic carbocycles. The minimum atomic E-state index is -3.35. The van der Waals surface area contributed by atoms with E-state index in [0.717, 1.165) is 11.1 Å². The van der Waals surface area contributed by atoms with Gasteiger partial charge in [-0.15, -0.1) is 0 Å². The van der Waals surface area contributed by atoms with Crippen LogP contribution >= 0.6 is 0 Å². The van der Waals surface area contributed by atoms with Crippen LogP contribution in [0.2, 0.25) is 0 Å². The summed E-state index contributed by atoms with van der Waals surface area (Å²) in [5.74, 6) is 0.373. The third kappa shape index (κ3) is 7.80. The Morgan fingerprint density at radius 1 is 1.07 bits per heavy atom. The maximum absolute atomic E-state index is 11.9. The van der Waals surface area contributed by atoms with E-state index in [4.69, 9.17) is 4.74 Å². The highest BCUT2D eigenvalue weighted by molar-refractivity contribution is 7.88. The van der Waals surface area contributed by atoms with Gasteiger partial charge in [0.1, 0.15) is 5.75 Å². The molecule has 6 nitrogen and oxygen atoms in total. The van der Waals surface area contributed by atoms with Crippen LogP contribution in [0.1, 0.15) is 30.5 Å². The van der Waals surface area contributed by atoms with Gasteiger partial charge in [0.25, 0.3) is 5.91 Å². The molecule has 0 spiro atoms. The Morgan fingerprint density at radius 3 is 2.37 bits per heavy atom. The van der Waals surface area contributed by atoms with Crippen LogP contribution in [-0.4, -0.2) is 27.0 Å². The summed E-state index contributed by atoms with van der Waals surface area (Å²) in [4.78, 5) is 11.9. The fourth-order valence-corrected chi connectivity index (χ4v) is 3.91. The van der Waals surface area contributed by atoms with Crippen molar-refractivity contribution in [2.45, 2.75) is 39.1 Å². The summed E-state index contributed by atoms with van der Waals surface area (Å²) in [6.45, 7) is 5.83. The average molecular weight is 391 g/mol. The number of rotatable bonds is 9. The van der Waals surface area contributed by atoms with Gasteiger partial charge in [-0.2, -0.15) is 0 Å². The molecule has 0 radical (unpaired) electrons. The molecule has 2 rings (SSSR count). The quantitative estimate of drug-likeness (QED) is 0.689. The van der Waals surface area contributed by atoms with Crippen molar-refractivity contribution in [2.24, 2.45) is 0 Å². The Bertz CT molecular complexity index is 862. The standard InChI is InChI=1S/C20H26N2O4S/c1-15(2)22-27(24,25)14-18-9-7-17(8-10-18)12-21-20(23)13-26-19-6-4-5-16(3)11-19/h4-11,15,22H,12-14H2,1-3H3,(H,21,23). The summed E-state index contributed by atoms with van der Waals surface area (Å²) >= 11 is 0. The lowest BCUT2D eigenvalue weighted by atomic mass is 10.1. The van der Waals surface area contributed by atoms with Crippen molar-refractivity contribution in [3.05, 3.63) is 65.2 Å². The van der Waals surface area contributed by atoms with E-state index < -0.39 is 10.0 Å². The molecule has 0 saturated carbocycles. The molecule has 7 heteroatoms. The van der Waals surface area contributed by atoms with Crippen molar-refractivity contribution in [2.75, 3.05) is 6.61 Å². The molecule has 0 heterocycles. The maximum Gasteiger partial charge on any atom is 0.258 e. The van der Waals surface area contributed by atoms with E-state index in [2.05, 4.69) is 10.0 Å². The Hall–Kier alpha value is -2.38.